The SMILES string of the molecule is O=C(O)c1ccc(-c2cncc(F)c2)cc1. The molecular weight excluding hydrogens is 209 g/mol. The van der Waals surface area contributed by atoms with E-state index in [1.165, 1.54) is 24.4 Å². The van der Waals surface area contributed by atoms with Crippen LogP contribution in [0.15, 0.2) is 42.7 Å². The van der Waals surface area contributed by atoms with Crippen LogP contribution in [-0.2, 0) is 0 Å². The van der Waals surface area contributed by atoms with E-state index < -0.39 is 11.8 Å². The summed E-state index contributed by atoms with van der Waals surface area (Å²) in [5.41, 5.74) is 1.56. The normalized spacial score (nSPS) is 10.1. The molecule has 0 spiro atoms. The van der Waals surface area contributed by atoms with Crippen LogP contribution in [0.25, 0.3) is 11.1 Å². The monoisotopic (exact) mass is 217 g/mol. The molecule has 1 aromatic carbocycles. The quantitative estimate of drug-likeness (QED) is 0.841. The first-order valence-electron chi connectivity index (χ1n) is 4.61. The lowest BCUT2D eigenvalue weighted by atomic mass is 10.1. The summed E-state index contributed by atoms with van der Waals surface area (Å²) < 4.78 is 12.9. The second-order valence-electron chi connectivity index (χ2n) is 3.27. The Labute approximate surface area is 91.2 Å². The molecule has 2 rings (SSSR count). The molecule has 0 radical (unpaired) electrons. The van der Waals surface area contributed by atoms with E-state index in [0.717, 1.165) is 11.8 Å². The number of hydrogen-bond donors (Lipinski definition) is 1. The molecule has 0 fully saturated rings. The van der Waals surface area contributed by atoms with Gasteiger partial charge in [-0.25, -0.2) is 9.18 Å². The Balaban J connectivity index is 2.38. The van der Waals surface area contributed by atoms with Gasteiger partial charge in [-0.3, -0.25) is 4.98 Å². The zero-order valence-electron chi connectivity index (χ0n) is 8.22. The maximum atomic E-state index is 12.9. The molecule has 1 N–H and O–H groups in total. The summed E-state index contributed by atoms with van der Waals surface area (Å²) in [5, 5.41) is 8.72. The molecule has 0 aliphatic rings. The molecule has 0 amide bonds. The molecule has 0 saturated carbocycles. The van der Waals surface area contributed by atoms with Gasteiger partial charge in [0.25, 0.3) is 0 Å². The largest absolute Gasteiger partial charge is 0.478 e. The van der Waals surface area contributed by atoms with Crippen LogP contribution in [0.5, 0.6) is 0 Å². The van der Waals surface area contributed by atoms with Gasteiger partial charge in [-0.05, 0) is 23.8 Å². The van der Waals surface area contributed by atoms with Crippen LogP contribution in [0.3, 0.4) is 0 Å². The molecule has 1 heterocycles. The predicted octanol–water partition coefficient (Wildman–Crippen LogP) is 2.59. The minimum absolute atomic E-state index is 0.202. The van der Waals surface area contributed by atoms with E-state index in [0.29, 0.717) is 5.56 Å². The molecule has 4 heteroatoms. The van der Waals surface area contributed by atoms with Crippen molar-refractivity contribution in [3.8, 4) is 11.1 Å². The fourth-order valence-electron chi connectivity index (χ4n) is 1.37. The highest BCUT2D eigenvalue weighted by atomic mass is 19.1. The van der Waals surface area contributed by atoms with E-state index in [-0.39, 0.29) is 5.56 Å². The third-order valence-corrected chi connectivity index (χ3v) is 2.17. The number of hydrogen-bond acceptors (Lipinski definition) is 2. The third kappa shape index (κ3) is 2.06. The highest BCUT2D eigenvalue weighted by Gasteiger charge is 2.03. The van der Waals surface area contributed by atoms with Crippen molar-refractivity contribution in [1.82, 2.24) is 4.98 Å². The first kappa shape index (κ1) is 10.3. The topological polar surface area (TPSA) is 50.2 Å². The molecule has 80 valence electrons. The Hall–Kier alpha value is -2.23. The van der Waals surface area contributed by atoms with Gasteiger partial charge in [-0.1, -0.05) is 12.1 Å². The van der Waals surface area contributed by atoms with Gasteiger partial charge >= 0.3 is 5.97 Å². The van der Waals surface area contributed by atoms with Crippen molar-refractivity contribution in [2.24, 2.45) is 0 Å². The van der Waals surface area contributed by atoms with Crippen molar-refractivity contribution in [3.05, 3.63) is 54.1 Å². The second-order valence-corrected chi connectivity index (χ2v) is 3.27. The summed E-state index contributed by atoms with van der Waals surface area (Å²) in [4.78, 5) is 14.4. The van der Waals surface area contributed by atoms with E-state index in [1.54, 1.807) is 12.1 Å². The van der Waals surface area contributed by atoms with Crippen LogP contribution < -0.4 is 0 Å². The molecule has 2 aromatic rings. The number of rotatable bonds is 2. The number of carboxylic acid groups (broad SMARTS) is 1. The first-order chi connectivity index (χ1) is 7.66. The van der Waals surface area contributed by atoms with Crippen molar-refractivity contribution in [2.45, 2.75) is 0 Å². The number of aromatic carboxylic acids is 1. The summed E-state index contributed by atoms with van der Waals surface area (Å²) in [5.74, 6) is -1.40. The molecule has 3 nitrogen and oxygen atoms in total. The van der Waals surface area contributed by atoms with Gasteiger partial charge in [-0.15, -0.1) is 0 Å². The van der Waals surface area contributed by atoms with Gasteiger partial charge in [0.1, 0.15) is 5.82 Å². The summed E-state index contributed by atoms with van der Waals surface area (Å²) in [6, 6.07) is 7.55. The lowest BCUT2D eigenvalue weighted by Crippen LogP contribution is -1.95. The van der Waals surface area contributed by atoms with Crippen molar-refractivity contribution in [3.63, 3.8) is 0 Å². The average molecular weight is 217 g/mol. The fourth-order valence-corrected chi connectivity index (χ4v) is 1.37. The first-order valence-corrected chi connectivity index (χ1v) is 4.61. The van der Waals surface area contributed by atoms with Gasteiger partial charge in [0, 0.05) is 11.8 Å². The molecule has 0 saturated heterocycles. The predicted molar refractivity (Wildman–Crippen MR) is 56.6 cm³/mol. The van der Waals surface area contributed by atoms with Crippen molar-refractivity contribution >= 4 is 5.97 Å². The third-order valence-electron chi connectivity index (χ3n) is 2.17. The highest BCUT2D eigenvalue weighted by molar-refractivity contribution is 5.88. The Kier molecular flexibility index (Phi) is 2.64. The lowest BCUT2D eigenvalue weighted by Gasteiger charge is -2.01. The number of benzene rings is 1. The number of pyridine rings is 1. The van der Waals surface area contributed by atoms with E-state index >= 15 is 0 Å². The van der Waals surface area contributed by atoms with Gasteiger partial charge in [0.15, 0.2) is 0 Å². The lowest BCUT2D eigenvalue weighted by molar-refractivity contribution is 0.0697. The van der Waals surface area contributed by atoms with Crippen LogP contribution in [0.1, 0.15) is 10.4 Å². The van der Waals surface area contributed by atoms with Gasteiger partial charge in [0.05, 0.1) is 11.8 Å². The summed E-state index contributed by atoms with van der Waals surface area (Å²) in [6.07, 6.45) is 2.65. The summed E-state index contributed by atoms with van der Waals surface area (Å²) >= 11 is 0. The Morgan fingerprint density at radius 1 is 1.12 bits per heavy atom. The summed E-state index contributed by atoms with van der Waals surface area (Å²) in [7, 11) is 0. The van der Waals surface area contributed by atoms with Crippen molar-refractivity contribution in [2.75, 3.05) is 0 Å². The number of aromatic nitrogens is 1. The number of nitrogens with zero attached hydrogens (tertiary/aromatic N) is 1. The Bertz CT molecular complexity index is 523. The van der Waals surface area contributed by atoms with Crippen molar-refractivity contribution < 1.29 is 14.3 Å². The molecule has 0 aliphatic carbocycles. The molecular formula is C12H8FNO2. The molecule has 0 bridgehead atoms. The van der Waals surface area contributed by atoms with Crippen LogP contribution in [-0.4, -0.2) is 16.1 Å². The number of halogens is 1. The van der Waals surface area contributed by atoms with Crippen LogP contribution in [0.4, 0.5) is 4.39 Å². The second kappa shape index (κ2) is 4.10. The Morgan fingerprint density at radius 3 is 2.38 bits per heavy atom. The van der Waals surface area contributed by atoms with E-state index in [2.05, 4.69) is 4.98 Å². The zero-order chi connectivity index (χ0) is 11.5. The smallest absolute Gasteiger partial charge is 0.335 e. The number of carbonyl (C=O) groups is 1. The van der Waals surface area contributed by atoms with Gasteiger partial charge in [-0.2, -0.15) is 0 Å². The maximum Gasteiger partial charge on any atom is 0.335 e. The van der Waals surface area contributed by atoms with Gasteiger partial charge in [0.2, 0.25) is 0 Å². The van der Waals surface area contributed by atoms with E-state index in [9.17, 15) is 9.18 Å². The minimum atomic E-state index is -0.982. The maximum absolute atomic E-state index is 12.9. The molecule has 16 heavy (non-hydrogen) atoms. The molecule has 1 aromatic heterocycles. The van der Waals surface area contributed by atoms with Crippen LogP contribution in [0.2, 0.25) is 0 Å². The average Bonchev–Trinajstić information content (AvgIpc) is 2.29. The molecule has 0 atom stereocenters. The number of carboxylic acids is 1. The van der Waals surface area contributed by atoms with Crippen LogP contribution in [0, 0.1) is 5.82 Å². The van der Waals surface area contributed by atoms with Crippen LogP contribution >= 0.6 is 0 Å². The molecule has 0 aliphatic heterocycles. The minimum Gasteiger partial charge on any atom is -0.478 e. The highest BCUT2D eigenvalue weighted by Crippen LogP contribution is 2.19. The summed E-state index contributed by atoms with van der Waals surface area (Å²) in [6.45, 7) is 0. The standard InChI is InChI=1S/C12H8FNO2/c13-11-5-10(6-14-7-11)8-1-3-9(4-2-8)12(15)16/h1-7H,(H,15,16). The van der Waals surface area contributed by atoms with Gasteiger partial charge < -0.3 is 5.11 Å². The van der Waals surface area contributed by atoms with E-state index in [1.807, 2.05) is 0 Å². The van der Waals surface area contributed by atoms with E-state index in [4.69, 9.17) is 5.11 Å². The zero-order valence-corrected chi connectivity index (χ0v) is 8.22. The molecule has 0 unspecified atom stereocenters. The fraction of sp³-hybridized carbons (Fsp3) is 0. The van der Waals surface area contributed by atoms with Crippen molar-refractivity contribution in [1.29, 1.82) is 0 Å². The Morgan fingerprint density at radius 2 is 1.81 bits per heavy atom.